The van der Waals surface area contributed by atoms with Crippen molar-refractivity contribution >= 4 is 11.7 Å². The third-order valence-corrected chi connectivity index (χ3v) is 3.80. The number of benzene rings is 1. The van der Waals surface area contributed by atoms with Gasteiger partial charge in [-0.25, -0.2) is 0 Å². The number of hydrogen-bond donors (Lipinski definition) is 0. The Kier molecular flexibility index (Phi) is 3.60. The Morgan fingerprint density at radius 1 is 1.33 bits per heavy atom. The molecule has 0 saturated heterocycles. The van der Waals surface area contributed by atoms with E-state index in [1.54, 1.807) is 0 Å². The van der Waals surface area contributed by atoms with E-state index in [9.17, 15) is 4.79 Å². The first-order chi connectivity index (χ1) is 8.61. The van der Waals surface area contributed by atoms with Gasteiger partial charge in [-0.05, 0) is 37.0 Å². The number of rotatable bonds is 5. The number of esters is 1. The number of carbonyl (C=O) groups is 1. The fourth-order valence-electron chi connectivity index (χ4n) is 2.33. The van der Waals surface area contributed by atoms with Gasteiger partial charge < -0.3 is 9.64 Å². The number of aryl methyl sites for hydroxylation is 1. The number of ether oxygens (including phenoxy) is 1. The molecule has 1 aromatic rings. The van der Waals surface area contributed by atoms with Crippen molar-refractivity contribution in [3.8, 4) is 0 Å². The van der Waals surface area contributed by atoms with Gasteiger partial charge in [-0.2, -0.15) is 0 Å². The highest BCUT2D eigenvalue weighted by Gasteiger charge is 2.51. The largest absolute Gasteiger partial charge is 0.469 e. The third kappa shape index (κ3) is 2.50. The minimum absolute atomic E-state index is 0.0699. The van der Waals surface area contributed by atoms with Crippen LogP contribution in [-0.4, -0.2) is 26.7 Å². The summed E-state index contributed by atoms with van der Waals surface area (Å²) in [4.78, 5) is 13.9. The van der Waals surface area contributed by atoms with E-state index in [2.05, 4.69) is 36.1 Å². The highest BCUT2D eigenvalue weighted by molar-refractivity contribution is 5.80. The van der Waals surface area contributed by atoms with Gasteiger partial charge in [0.2, 0.25) is 0 Å². The van der Waals surface area contributed by atoms with Crippen LogP contribution in [-0.2, 0) is 16.0 Å². The number of nitrogens with zero attached hydrogens (tertiary/aromatic N) is 1. The van der Waals surface area contributed by atoms with Crippen LogP contribution in [0.2, 0.25) is 0 Å². The molecule has 0 N–H and O–H groups in total. The predicted molar refractivity (Wildman–Crippen MR) is 72.8 cm³/mol. The van der Waals surface area contributed by atoms with Gasteiger partial charge in [0.15, 0.2) is 0 Å². The lowest BCUT2D eigenvalue weighted by Gasteiger charge is -2.24. The van der Waals surface area contributed by atoms with Crippen molar-refractivity contribution in [3.63, 3.8) is 0 Å². The second-order valence-electron chi connectivity index (χ2n) is 5.15. The van der Waals surface area contributed by atoms with E-state index in [1.165, 1.54) is 12.7 Å². The highest BCUT2D eigenvalue weighted by Crippen LogP contribution is 2.47. The molecule has 0 atom stereocenters. The summed E-state index contributed by atoms with van der Waals surface area (Å²) in [6, 6.07) is 8.52. The molecule has 0 bridgehead atoms. The molecule has 98 valence electrons. The molecule has 0 aliphatic heterocycles. The van der Waals surface area contributed by atoms with Gasteiger partial charge in [0, 0.05) is 19.3 Å². The first kappa shape index (κ1) is 12.9. The van der Waals surface area contributed by atoms with Crippen LogP contribution in [0.1, 0.15) is 25.3 Å². The Bertz CT molecular complexity index is 421. The molecule has 1 fully saturated rings. The van der Waals surface area contributed by atoms with Gasteiger partial charge in [0.25, 0.3) is 0 Å². The molecule has 3 nitrogen and oxygen atoms in total. The summed E-state index contributed by atoms with van der Waals surface area (Å²) in [7, 11) is 3.50. The first-order valence-electron chi connectivity index (χ1n) is 6.50. The van der Waals surface area contributed by atoms with Crippen molar-refractivity contribution in [2.24, 2.45) is 5.41 Å². The quantitative estimate of drug-likeness (QED) is 0.749. The second kappa shape index (κ2) is 5.01. The van der Waals surface area contributed by atoms with Crippen molar-refractivity contribution in [1.29, 1.82) is 0 Å². The Morgan fingerprint density at radius 3 is 2.39 bits per heavy atom. The average Bonchev–Trinajstić information content (AvgIpc) is 3.18. The van der Waals surface area contributed by atoms with E-state index >= 15 is 0 Å². The van der Waals surface area contributed by atoms with E-state index in [0.29, 0.717) is 0 Å². The Morgan fingerprint density at radius 2 is 1.94 bits per heavy atom. The molecule has 0 amide bonds. The monoisotopic (exact) mass is 247 g/mol. The molecule has 1 aliphatic carbocycles. The lowest BCUT2D eigenvalue weighted by Crippen LogP contribution is -2.32. The van der Waals surface area contributed by atoms with E-state index in [-0.39, 0.29) is 11.4 Å². The third-order valence-electron chi connectivity index (χ3n) is 3.80. The molecule has 1 aliphatic rings. The molecule has 0 aromatic heterocycles. The molecular weight excluding hydrogens is 226 g/mol. The van der Waals surface area contributed by atoms with Crippen LogP contribution in [0.3, 0.4) is 0 Å². The molecular formula is C15H21NO2. The number of carbonyl (C=O) groups excluding carboxylic acids is 1. The van der Waals surface area contributed by atoms with Crippen LogP contribution in [0, 0.1) is 5.41 Å². The maximum Gasteiger partial charge on any atom is 0.313 e. The van der Waals surface area contributed by atoms with Gasteiger partial charge >= 0.3 is 5.97 Å². The molecule has 1 aromatic carbocycles. The van der Waals surface area contributed by atoms with Crippen molar-refractivity contribution < 1.29 is 9.53 Å². The fraction of sp³-hybridized carbons (Fsp3) is 0.533. The van der Waals surface area contributed by atoms with Crippen LogP contribution >= 0.6 is 0 Å². The molecule has 0 unspecified atom stereocenters. The van der Waals surface area contributed by atoms with Gasteiger partial charge in [-0.15, -0.1) is 0 Å². The Balaban J connectivity index is 2.03. The van der Waals surface area contributed by atoms with Crippen LogP contribution in [0.25, 0.3) is 0 Å². The number of methoxy groups -OCH3 is 1. The maximum absolute atomic E-state index is 11.7. The van der Waals surface area contributed by atoms with Crippen LogP contribution in [0.4, 0.5) is 5.69 Å². The molecule has 2 rings (SSSR count). The second-order valence-corrected chi connectivity index (χ2v) is 5.15. The fourth-order valence-corrected chi connectivity index (χ4v) is 2.33. The van der Waals surface area contributed by atoms with Gasteiger partial charge in [-0.3, -0.25) is 4.79 Å². The van der Waals surface area contributed by atoms with Gasteiger partial charge in [-0.1, -0.05) is 19.1 Å². The van der Waals surface area contributed by atoms with Crippen LogP contribution in [0.5, 0.6) is 0 Å². The molecule has 18 heavy (non-hydrogen) atoms. The van der Waals surface area contributed by atoms with Gasteiger partial charge in [0.05, 0.1) is 12.5 Å². The topological polar surface area (TPSA) is 29.5 Å². The molecule has 0 radical (unpaired) electrons. The van der Waals surface area contributed by atoms with E-state index in [4.69, 9.17) is 4.74 Å². The zero-order valence-corrected chi connectivity index (χ0v) is 11.4. The first-order valence-corrected chi connectivity index (χ1v) is 6.50. The standard InChI is InChI=1S/C15H21NO2/c1-4-12-5-7-13(8-6-12)16(2)11-15(9-10-15)14(17)18-3/h5-8H,4,9-11H2,1-3H3. The summed E-state index contributed by atoms with van der Waals surface area (Å²) in [6.45, 7) is 2.89. The maximum atomic E-state index is 11.7. The summed E-state index contributed by atoms with van der Waals surface area (Å²) in [5, 5.41) is 0. The summed E-state index contributed by atoms with van der Waals surface area (Å²) in [5.41, 5.74) is 2.23. The lowest BCUT2D eigenvalue weighted by molar-refractivity contribution is -0.146. The molecule has 0 heterocycles. The van der Waals surface area contributed by atoms with Crippen molar-refractivity contribution in [2.75, 3.05) is 25.6 Å². The number of hydrogen-bond acceptors (Lipinski definition) is 3. The minimum Gasteiger partial charge on any atom is -0.469 e. The van der Waals surface area contributed by atoms with Gasteiger partial charge in [0.1, 0.15) is 0 Å². The Hall–Kier alpha value is -1.51. The summed E-state index contributed by atoms with van der Waals surface area (Å²) >= 11 is 0. The average molecular weight is 247 g/mol. The van der Waals surface area contributed by atoms with Crippen molar-refractivity contribution in [3.05, 3.63) is 29.8 Å². The highest BCUT2D eigenvalue weighted by atomic mass is 16.5. The molecule has 3 heteroatoms. The minimum atomic E-state index is -0.257. The van der Waals surface area contributed by atoms with E-state index in [0.717, 1.165) is 31.5 Å². The van der Waals surface area contributed by atoms with Crippen molar-refractivity contribution in [2.45, 2.75) is 26.2 Å². The number of anilines is 1. The van der Waals surface area contributed by atoms with E-state index < -0.39 is 0 Å². The normalized spacial score (nSPS) is 16.2. The zero-order chi connectivity index (χ0) is 13.2. The smallest absolute Gasteiger partial charge is 0.313 e. The van der Waals surface area contributed by atoms with Crippen LogP contribution in [0.15, 0.2) is 24.3 Å². The zero-order valence-electron chi connectivity index (χ0n) is 11.4. The summed E-state index contributed by atoms with van der Waals surface area (Å²) < 4.78 is 4.89. The lowest BCUT2D eigenvalue weighted by atomic mass is 10.1. The SMILES string of the molecule is CCc1ccc(N(C)CC2(C(=O)OC)CC2)cc1. The summed E-state index contributed by atoms with van der Waals surface area (Å²) in [6.07, 6.45) is 2.93. The Labute approximate surface area is 109 Å². The predicted octanol–water partition coefficient (Wildman–Crippen LogP) is 2.64. The van der Waals surface area contributed by atoms with Crippen LogP contribution < -0.4 is 4.90 Å². The van der Waals surface area contributed by atoms with Crippen molar-refractivity contribution in [1.82, 2.24) is 0 Å². The van der Waals surface area contributed by atoms with E-state index in [1.807, 2.05) is 7.05 Å². The summed E-state index contributed by atoms with van der Waals surface area (Å²) in [5.74, 6) is -0.0699. The molecule has 0 spiro atoms. The molecule has 1 saturated carbocycles.